The number of fused-ring (bicyclic) bond motifs is 1. The third-order valence-electron chi connectivity index (χ3n) is 4.36. The number of sulfone groups is 1. The van der Waals surface area contributed by atoms with E-state index in [4.69, 9.17) is 4.74 Å². The predicted octanol–water partition coefficient (Wildman–Crippen LogP) is 2.11. The molecule has 0 fully saturated rings. The lowest BCUT2D eigenvalue weighted by Crippen LogP contribution is -2.20. The summed E-state index contributed by atoms with van der Waals surface area (Å²) in [6.07, 6.45) is 1.71. The highest BCUT2D eigenvalue weighted by atomic mass is 32.2. The molecule has 0 saturated heterocycles. The van der Waals surface area contributed by atoms with Crippen LogP contribution in [0.15, 0.2) is 33.4 Å². The third kappa shape index (κ3) is 3.21. The number of aliphatic hydroxyl groups excluding tert-OH is 1. The number of rotatable bonds is 4. The van der Waals surface area contributed by atoms with E-state index in [2.05, 4.69) is 11.9 Å². The largest absolute Gasteiger partial charge is 0.495 e. The molecule has 7 heteroatoms. The summed E-state index contributed by atoms with van der Waals surface area (Å²) in [5, 5.41) is 9.19. The average molecular weight is 367 g/mol. The van der Waals surface area contributed by atoms with Crippen molar-refractivity contribution in [3.05, 3.63) is 40.3 Å². The number of benzene rings is 1. The first-order chi connectivity index (χ1) is 11.5. The summed E-state index contributed by atoms with van der Waals surface area (Å²) in [7, 11) is -0.0917. The van der Waals surface area contributed by atoms with Gasteiger partial charge in [-0.1, -0.05) is 0 Å². The van der Waals surface area contributed by atoms with Gasteiger partial charge in [-0.15, -0.1) is 11.3 Å². The highest BCUT2D eigenvalue weighted by Gasteiger charge is 2.26. The number of ether oxygens (including phenoxy) is 1. The summed E-state index contributed by atoms with van der Waals surface area (Å²) in [5.41, 5.74) is 2.22. The molecule has 0 saturated carbocycles. The molecule has 1 aliphatic rings. The standard InChI is InChI=1S/C17H21NO4S2/c1-18-7-5-12-9-15(22-2)16(10-13(12)6-8-18)24(20,21)17-4-3-14(11-19)23-17/h3-4,9-10,19H,5-8,11H2,1-2H3. The Balaban J connectivity index is 2.10. The van der Waals surface area contributed by atoms with Crippen molar-refractivity contribution in [2.75, 3.05) is 27.2 Å². The second-order valence-electron chi connectivity index (χ2n) is 5.96. The van der Waals surface area contributed by atoms with Gasteiger partial charge in [-0.3, -0.25) is 0 Å². The Morgan fingerprint density at radius 2 is 1.88 bits per heavy atom. The van der Waals surface area contributed by atoms with Gasteiger partial charge in [0, 0.05) is 18.0 Å². The lowest BCUT2D eigenvalue weighted by molar-refractivity contribution is 0.285. The molecule has 2 aromatic rings. The molecular weight excluding hydrogens is 346 g/mol. The smallest absolute Gasteiger partial charge is 0.219 e. The van der Waals surface area contributed by atoms with Gasteiger partial charge >= 0.3 is 0 Å². The topological polar surface area (TPSA) is 66.8 Å². The van der Waals surface area contributed by atoms with Crippen LogP contribution in [0, 0.1) is 0 Å². The van der Waals surface area contributed by atoms with Crippen molar-refractivity contribution in [2.45, 2.75) is 28.6 Å². The maximum Gasteiger partial charge on any atom is 0.219 e. The molecule has 0 aliphatic carbocycles. The van der Waals surface area contributed by atoms with Crippen LogP contribution in [0.25, 0.3) is 0 Å². The van der Waals surface area contributed by atoms with E-state index in [1.807, 2.05) is 6.07 Å². The number of nitrogens with zero attached hydrogens (tertiary/aromatic N) is 1. The molecule has 1 aliphatic heterocycles. The van der Waals surface area contributed by atoms with Crippen LogP contribution in [0.3, 0.4) is 0 Å². The van der Waals surface area contributed by atoms with E-state index >= 15 is 0 Å². The lowest BCUT2D eigenvalue weighted by Gasteiger charge is -2.13. The third-order valence-corrected chi connectivity index (χ3v) is 7.70. The zero-order valence-corrected chi connectivity index (χ0v) is 15.4. The molecule has 24 heavy (non-hydrogen) atoms. The highest BCUT2D eigenvalue weighted by molar-refractivity contribution is 7.93. The Morgan fingerprint density at radius 1 is 1.21 bits per heavy atom. The van der Waals surface area contributed by atoms with Gasteiger partial charge in [0.15, 0.2) is 0 Å². The van der Waals surface area contributed by atoms with Crippen molar-refractivity contribution >= 4 is 21.2 Å². The SMILES string of the molecule is COc1cc2c(cc1S(=O)(=O)c1ccc(CO)s1)CCN(C)CC2. The fraction of sp³-hybridized carbons (Fsp3) is 0.412. The number of hydrogen-bond acceptors (Lipinski definition) is 6. The summed E-state index contributed by atoms with van der Waals surface area (Å²) < 4.78 is 31.6. The molecule has 5 nitrogen and oxygen atoms in total. The van der Waals surface area contributed by atoms with E-state index < -0.39 is 9.84 Å². The van der Waals surface area contributed by atoms with Gasteiger partial charge in [-0.05, 0) is 55.3 Å². The Bertz CT molecular complexity index is 842. The van der Waals surface area contributed by atoms with E-state index in [0.29, 0.717) is 10.6 Å². The van der Waals surface area contributed by atoms with E-state index in [-0.39, 0.29) is 15.7 Å². The number of thiophene rings is 1. The Kier molecular flexibility index (Phi) is 4.96. The van der Waals surface area contributed by atoms with Crippen LogP contribution in [-0.2, 0) is 29.3 Å². The van der Waals surface area contributed by atoms with Gasteiger partial charge in [0.2, 0.25) is 9.84 Å². The summed E-state index contributed by atoms with van der Waals surface area (Å²) >= 11 is 1.09. The van der Waals surface area contributed by atoms with Crippen molar-refractivity contribution in [3.63, 3.8) is 0 Å². The van der Waals surface area contributed by atoms with E-state index in [0.717, 1.165) is 48.4 Å². The molecule has 3 rings (SSSR count). The highest BCUT2D eigenvalue weighted by Crippen LogP contribution is 2.36. The van der Waals surface area contributed by atoms with E-state index in [9.17, 15) is 13.5 Å². The molecule has 1 N–H and O–H groups in total. The van der Waals surface area contributed by atoms with Crippen LogP contribution in [0.2, 0.25) is 0 Å². The van der Waals surface area contributed by atoms with Gasteiger partial charge in [0.1, 0.15) is 14.9 Å². The van der Waals surface area contributed by atoms with Crippen molar-refractivity contribution < 1.29 is 18.3 Å². The van der Waals surface area contributed by atoms with Crippen LogP contribution in [-0.4, -0.2) is 45.7 Å². The minimum absolute atomic E-state index is 0.159. The van der Waals surface area contributed by atoms with Gasteiger partial charge < -0.3 is 14.7 Å². The Hall–Kier alpha value is -1.41. The maximum atomic E-state index is 13.0. The van der Waals surface area contributed by atoms with Crippen LogP contribution < -0.4 is 4.74 Å². The molecule has 130 valence electrons. The molecular formula is C17H21NO4S2. The van der Waals surface area contributed by atoms with E-state index in [1.54, 1.807) is 18.2 Å². The zero-order valence-electron chi connectivity index (χ0n) is 13.8. The first kappa shape index (κ1) is 17.4. The monoisotopic (exact) mass is 367 g/mol. The Labute approximate surface area is 146 Å². The zero-order chi connectivity index (χ0) is 17.3. The minimum Gasteiger partial charge on any atom is -0.495 e. The molecule has 0 bridgehead atoms. The number of methoxy groups -OCH3 is 1. The van der Waals surface area contributed by atoms with E-state index in [1.165, 1.54) is 7.11 Å². The first-order valence-electron chi connectivity index (χ1n) is 7.78. The molecule has 0 unspecified atom stereocenters. The molecule has 0 radical (unpaired) electrons. The Morgan fingerprint density at radius 3 is 2.46 bits per heavy atom. The molecule has 0 atom stereocenters. The fourth-order valence-electron chi connectivity index (χ4n) is 2.91. The predicted molar refractivity (Wildman–Crippen MR) is 93.6 cm³/mol. The number of likely N-dealkylation sites (N-methyl/N-ethyl adjacent to an activating group) is 1. The summed E-state index contributed by atoms with van der Waals surface area (Å²) in [6.45, 7) is 1.70. The molecule has 0 amide bonds. The number of aliphatic hydroxyl groups is 1. The maximum absolute atomic E-state index is 13.0. The summed E-state index contributed by atoms with van der Waals surface area (Å²) in [5.74, 6) is 0.386. The van der Waals surface area contributed by atoms with Gasteiger partial charge in [0.05, 0.1) is 13.7 Å². The van der Waals surface area contributed by atoms with Crippen LogP contribution >= 0.6 is 11.3 Å². The summed E-state index contributed by atoms with van der Waals surface area (Å²) in [6, 6.07) is 6.82. The van der Waals surface area contributed by atoms with Gasteiger partial charge in [-0.25, -0.2) is 8.42 Å². The van der Waals surface area contributed by atoms with Crippen LogP contribution in [0.5, 0.6) is 5.75 Å². The number of hydrogen-bond donors (Lipinski definition) is 1. The van der Waals surface area contributed by atoms with Crippen LogP contribution in [0.4, 0.5) is 0 Å². The van der Waals surface area contributed by atoms with Crippen molar-refractivity contribution in [3.8, 4) is 5.75 Å². The fourth-order valence-corrected chi connectivity index (χ4v) is 5.70. The molecule has 1 aromatic heterocycles. The molecule has 1 aromatic carbocycles. The molecule has 2 heterocycles. The second kappa shape index (κ2) is 6.84. The first-order valence-corrected chi connectivity index (χ1v) is 10.1. The second-order valence-corrected chi connectivity index (χ2v) is 9.27. The van der Waals surface area contributed by atoms with Crippen LogP contribution in [0.1, 0.15) is 16.0 Å². The van der Waals surface area contributed by atoms with Crippen molar-refractivity contribution in [2.24, 2.45) is 0 Å². The van der Waals surface area contributed by atoms with Crippen molar-refractivity contribution in [1.29, 1.82) is 0 Å². The van der Waals surface area contributed by atoms with Crippen molar-refractivity contribution in [1.82, 2.24) is 4.90 Å². The summed E-state index contributed by atoms with van der Waals surface area (Å²) in [4.78, 5) is 3.08. The normalized spacial score (nSPS) is 15.8. The van der Waals surface area contributed by atoms with Gasteiger partial charge in [0.25, 0.3) is 0 Å². The molecule has 0 spiro atoms. The average Bonchev–Trinajstić information content (AvgIpc) is 3.00. The minimum atomic E-state index is -3.66. The lowest BCUT2D eigenvalue weighted by atomic mass is 10.0. The van der Waals surface area contributed by atoms with Gasteiger partial charge in [-0.2, -0.15) is 0 Å². The quantitative estimate of drug-likeness (QED) is 0.897.